The van der Waals surface area contributed by atoms with Crippen LogP contribution in [0, 0.1) is 5.82 Å². The van der Waals surface area contributed by atoms with Crippen LogP contribution in [0.25, 0.3) is 0 Å². The van der Waals surface area contributed by atoms with Crippen molar-refractivity contribution >= 4 is 5.97 Å². The highest BCUT2D eigenvalue weighted by molar-refractivity contribution is 5.78. The molecule has 0 aliphatic heterocycles. The maximum atomic E-state index is 12.7. The van der Waals surface area contributed by atoms with Crippen molar-refractivity contribution < 1.29 is 14.3 Å². The molecule has 1 atom stereocenters. The molecule has 1 rings (SSSR count). The van der Waals surface area contributed by atoms with E-state index in [0.29, 0.717) is 6.42 Å². The van der Waals surface area contributed by atoms with E-state index in [2.05, 4.69) is 0 Å². The number of carboxylic acids is 1. The van der Waals surface area contributed by atoms with E-state index in [0.717, 1.165) is 18.4 Å². The molecule has 1 aromatic carbocycles. The molecule has 0 aliphatic rings. The Balaban J connectivity index is 2.79. The van der Waals surface area contributed by atoms with E-state index in [1.54, 1.807) is 12.1 Å². The Bertz CT molecular complexity index is 378. The molecule has 0 bridgehead atoms. The SMILES string of the molecule is CCCC[C@](N)(Cc1ccc(F)cc1)C(=O)O. The van der Waals surface area contributed by atoms with E-state index >= 15 is 0 Å². The van der Waals surface area contributed by atoms with Crippen LogP contribution in [0.4, 0.5) is 4.39 Å². The number of halogens is 1. The van der Waals surface area contributed by atoms with Gasteiger partial charge >= 0.3 is 5.97 Å². The molecular formula is C13H18FNO2. The number of aliphatic carboxylic acids is 1. The average molecular weight is 239 g/mol. The normalized spacial score (nSPS) is 14.3. The molecule has 0 aromatic heterocycles. The highest BCUT2D eigenvalue weighted by atomic mass is 19.1. The summed E-state index contributed by atoms with van der Waals surface area (Å²) < 4.78 is 12.7. The number of hydrogen-bond acceptors (Lipinski definition) is 2. The Morgan fingerprint density at radius 3 is 2.47 bits per heavy atom. The summed E-state index contributed by atoms with van der Waals surface area (Å²) in [7, 11) is 0. The Kier molecular flexibility index (Phi) is 4.63. The average Bonchev–Trinajstić information content (AvgIpc) is 2.29. The minimum absolute atomic E-state index is 0.225. The van der Waals surface area contributed by atoms with Crippen molar-refractivity contribution in [3.05, 3.63) is 35.6 Å². The standard InChI is InChI=1S/C13H18FNO2/c1-2-3-8-13(15,12(16)17)9-10-4-6-11(14)7-5-10/h4-7H,2-3,8-9,15H2,1H3,(H,16,17)/t13-/m0/s1. The molecule has 0 fully saturated rings. The lowest BCUT2D eigenvalue weighted by Crippen LogP contribution is -2.49. The van der Waals surface area contributed by atoms with Gasteiger partial charge in [-0.15, -0.1) is 0 Å². The molecule has 0 saturated heterocycles. The quantitative estimate of drug-likeness (QED) is 0.800. The third-order valence-electron chi connectivity index (χ3n) is 2.84. The highest BCUT2D eigenvalue weighted by Crippen LogP contribution is 2.18. The fourth-order valence-corrected chi connectivity index (χ4v) is 1.73. The summed E-state index contributed by atoms with van der Waals surface area (Å²) in [5.41, 5.74) is 5.39. The molecule has 0 spiro atoms. The van der Waals surface area contributed by atoms with Crippen LogP contribution in [0.2, 0.25) is 0 Å². The van der Waals surface area contributed by atoms with E-state index in [1.807, 2.05) is 6.92 Å². The second-order valence-electron chi connectivity index (χ2n) is 4.37. The Morgan fingerprint density at radius 2 is 2.00 bits per heavy atom. The zero-order chi connectivity index (χ0) is 12.9. The first-order valence-electron chi connectivity index (χ1n) is 5.74. The van der Waals surface area contributed by atoms with E-state index < -0.39 is 11.5 Å². The molecule has 0 heterocycles. The van der Waals surface area contributed by atoms with Gasteiger partial charge in [0.2, 0.25) is 0 Å². The summed E-state index contributed by atoms with van der Waals surface area (Å²) in [5, 5.41) is 9.18. The lowest BCUT2D eigenvalue weighted by Gasteiger charge is -2.24. The monoisotopic (exact) mass is 239 g/mol. The first-order chi connectivity index (χ1) is 7.98. The van der Waals surface area contributed by atoms with E-state index in [1.165, 1.54) is 12.1 Å². The third-order valence-corrected chi connectivity index (χ3v) is 2.84. The van der Waals surface area contributed by atoms with Crippen LogP contribution in [0.3, 0.4) is 0 Å². The maximum absolute atomic E-state index is 12.7. The van der Waals surface area contributed by atoms with Gasteiger partial charge in [-0.25, -0.2) is 4.39 Å². The molecule has 4 heteroatoms. The first-order valence-corrected chi connectivity index (χ1v) is 5.74. The van der Waals surface area contributed by atoms with Gasteiger partial charge in [0.15, 0.2) is 0 Å². The van der Waals surface area contributed by atoms with E-state index in [4.69, 9.17) is 5.73 Å². The van der Waals surface area contributed by atoms with Gasteiger partial charge in [-0.05, 0) is 24.1 Å². The molecule has 0 unspecified atom stereocenters. The van der Waals surface area contributed by atoms with Crippen molar-refractivity contribution in [2.24, 2.45) is 5.73 Å². The van der Waals surface area contributed by atoms with Gasteiger partial charge in [0, 0.05) is 6.42 Å². The lowest BCUT2D eigenvalue weighted by molar-refractivity contribution is -0.143. The molecule has 3 nitrogen and oxygen atoms in total. The minimum Gasteiger partial charge on any atom is -0.480 e. The Morgan fingerprint density at radius 1 is 1.41 bits per heavy atom. The van der Waals surface area contributed by atoms with Crippen LogP contribution in [-0.4, -0.2) is 16.6 Å². The van der Waals surface area contributed by atoms with Gasteiger partial charge in [-0.3, -0.25) is 4.79 Å². The molecule has 0 amide bonds. The highest BCUT2D eigenvalue weighted by Gasteiger charge is 2.33. The molecular weight excluding hydrogens is 221 g/mol. The molecule has 0 aliphatic carbocycles. The number of hydrogen-bond donors (Lipinski definition) is 2. The van der Waals surface area contributed by atoms with Crippen molar-refractivity contribution in [3.63, 3.8) is 0 Å². The predicted molar refractivity (Wildman–Crippen MR) is 64.2 cm³/mol. The largest absolute Gasteiger partial charge is 0.480 e. The minimum atomic E-state index is -1.26. The van der Waals surface area contributed by atoms with Gasteiger partial charge in [0.05, 0.1) is 0 Å². The summed E-state index contributed by atoms with van der Waals surface area (Å²) in [6, 6.07) is 5.78. The van der Waals surface area contributed by atoms with Gasteiger partial charge in [-0.2, -0.15) is 0 Å². The van der Waals surface area contributed by atoms with Crippen LogP contribution in [-0.2, 0) is 11.2 Å². The summed E-state index contributed by atoms with van der Waals surface area (Å²) >= 11 is 0. The first kappa shape index (κ1) is 13.6. The predicted octanol–water partition coefficient (Wildman–Crippen LogP) is 2.34. The maximum Gasteiger partial charge on any atom is 0.324 e. The number of rotatable bonds is 6. The fraction of sp³-hybridized carbons (Fsp3) is 0.462. The molecule has 3 N–H and O–H groups in total. The van der Waals surface area contributed by atoms with Gasteiger partial charge in [-0.1, -0.05) is 31.9 Å². The smallest absolute Gasteiger partial charge is 0.324 e. The molecule has 0 saturated carbocycles. The van der Waals surface area contributed by atoms with Crippen molar-refractivity contribution in [1.82, 2.24) is 0 Å². The third kappa shape index (κ3) is 3.82. The van der Waals surface area contributed by atoms with Crippen LogP contribution in [0.5, 0.6) is 0 Å². The Labute approximate surface area is 100 Å². The number of nitrogens with two attached hydrogens (primary N) is 1. The zero-order valence-corrected chi connectivity index (χ0v) is 9.95. The van der Waals surface area contributed by atoms with Gasteiger partial charge < -0.3 is 10.8 Å². The van der Waals surface area contributed by atoms with Crippen molar-refractivity contribution in [3.8, 4) is 0 Å². The second kappa shape index (κ2) is 5.77. The lowest BCUT2D eigenvalue weighted by atomic mass is 9.87. The summed E-state index contributed by atoms with van der Waals surface area (Å²) in [5.74, 6) is -1.34. The topological polar surface area (TPSA) is 63.3 Å². The van der Waals surface area contributed by atoms with Crippen molar-refractivity contribution in [2.75, 3.05) is 0 Å². The number of unbranched alkanes of at least 4 members (excludes halogenated alkanes) is 1. The molecule has 1 aromatic rings. The van der Waals surface area contributed by atoms with Crippen LogP contribution in [0.15, 0.2) is 24.3 Å². The number of carboxylic acid groups (broad SMARTS) is 1. The van der Waals surface area contributed by atoms with Crippen LogP contribution >= 0.6 is 0 Å². The summed E-state index contributed by atoms with van der Waals surface area (Å²) in [4.78, 5) is 11.2. The molecule has 94 valence electrons. The fourth-order valence-electron chi connectivity index (χ4n) is 1.73. The zero-order valence-electron chi connectivity index (χ0n) is 9.95. The number of carbonyl (C=O) groups is 1. The molecule has 0 radical (unpaired) electrons. The van der Waals surface area contributed by atoms with E-state index in [-0.39, 0.29) is 12.2 Å². The number of benzene rings is 1. The van der Waals surface area contributed by atoms with Crippen LogP contribution < -0.4 is 5.73 Å². The van der Waals surface area contributed by atoms with Crippen molar-refractivity contribution in [2.45, 2.75) is 38.1 Å². The van der Waals surface area contributed by atoms with Gasteiger partial charge in [0.25, 0.3) is 0 Å². The summed E-state index contributed by atoms with van der Waals surface area (Å²) in [6.45, 7) is 1.99. The van der Waals surface area contributed by atoms with Crippen molar-refractivity contribution in [1.29, 1.82) is 0 Å². The van der Waals surface area contributed by atoms with Gasteiger partial charge in [0.1, 0.15) is 11.4 Å². The van der Waals surface area contributed by atoms with Crippen LogP contribution in [0.1, 0.15) is 31.7 Å². The Hall–Kier alpha value is -1.42. The summed E-state index contributed by atoms with van der Waals surface area (Å²) in [6.07, 6.45) is 2.32. The second-order valence-corrected chi connectivity index (χ2v) is 4.37. The van der Waals surface area contributed by atoms with E-state index in [9.17, 15) is 14.3 Å². The molecule has 17 heavy (non-hydrogen) atoms.